The number of fused-ring (bicyclic) bond motifs is 4. The van der Waals surface area contributed by atoms with E-state index in [1.54, 1.807) is 38.9 Å². The van der Waals surface area contributed by atoms with Crippen LogP contribution in [0.1, 0.15) is 181 Å². The molecule has 8 heteroatoms. The van der Waals surface area contributed by atoms with Crippen molar-refractivity contribution in [2.75, 3.05) is 98.1 Å². The van der Waals surface area contributed by atoms with Gasteiger partial charge in [-0.2, -0.15) is 0 Å². The number of anilines is 4. The van der Waals surface area contributed by atoms with E-state index >= 15 is 0 Å². The third-order valence-electron chi connectivity index (χ3n) is 23.5. The van der Waals surface area contributed by atoms with E-state index in [2.05, 4.69) is 286 Å². The lowest BCUT2D eigenvalue weighted by Gasteiger charge is -2.40. The summed E-state index contributed by atoms with van der Waals surface area (Å²) in [6, 6.07) is 84.2. The maximum atomic E-state index is 3.72. The van der Waals surface area contributed by atoms with Gasteiger partial charge in [-0.05, 0) is 274 Å². The first-order valence-electron chi connectivity index (χ1n) is 41.4. The maximum Gasteiger partial charge on any atom is 0.0369 e. The second kappa shape index (κ2) is 42.7. The minimum atomic E-state index is 0.607. The summed E-state index contributed by atoms with van der Waals surface area (Å²) < 4.78 is 0. The summed E-state index contributed by atoms with van der Waals surface area (Å²) in [4.78, 5) is 16.1. The molecule has 0 saturated carbocycles. The first kappa shape index (κ1) is 76.9. The van der Waals surface area contributed by atoms with E-state index < -0.39 is 0 Å². The Balaban J connectivity index is 0.000000138. The Bertz CT molecular complexity index is 3590. The van der Waals surface area contributed by atoms with Gasteiger partial charge >= 0.3 is 0 Å². The van der Waals surface area contributed by atoms with Crippen LogP contribution in [0.15, 0.2) is 218 Å². The summed E-state index contributed by atoms with van der Waals surface area (Å²) >= 11 is 0. The third kappa shape index (κ3) is 23.4. The van der Waals surface area contributed by atoms with Crippen molar-refractivity contribution in [3.8, 4) is 0 Å². The molecule has 6 aliphatic rings. The number of nitrogens with zero attached hydrogens (tertiary/aromatic N) is 6. The maximum absolute atomic E-state index is 3.72. The number of hydrogen-bond donors (Lipinski definition) is 2. The van der Waals surface area contributed by atoms with Gasteiger partial charge < -0.3 is 40.0 Å². The number of aryl methyl sites for hydroxylation is 4. The highest BCUT2D eigenvalue weighted by atomic mass is 15.2. The quantitative estimate of drug-likeness (QED) is 0.0450. The highest BCUT2D eigenvalue weighted by Crippen LogP contribution is 2.34. The molecular formula is C95H130N8. The molecule has 0 bridgehead atoms. The molecular weight excluding hydrogens is 1250 g/mol. The molecule has 4 aliphatic carbocycles. The Hall–Kier alpha value is -7.20. The minimum absolute atomic E-state index is 0.607. The normalized spacial score (nSPS) is 19.8. The number of rotatable bonds is 29. The summed E-state index contributed by atoms with van der Waals surface area (Å²) in [5.74, 6) is 0. The van der Waals surface area contributed by atoms with Crippen molar-refractivity contribution in [3.63, 3.8) is 0 Å². The molecule has 0 amide bonds. The first-order chi connectivity index (χ1) is 50.9. The van der Waals surface area contributed by atoms with E-state index in [4.69, 9.17) is 0 Å². The van der Waals surface area contributed by atoms with Crippen LogP contribution in [0.2, 0.25) is 0 Å². The van der Waals surface area contributed by atoms with Gasteiger partial charge in [0.05, 0.1) is 0 Å². The number of likely N-dealkylation sites (tertiary alicyclic amines) is 1. The monoisotopic (exact) mass is 1380 g/mol. The fourth-order valence-electron chi connectivity index (χ4n) is 17.9. The Morgan fingerprint density at radius 2 is 0.718 bits per heavy atom. The second-order valence-electron chi connectivity index (χ2n) is 30.6. The van der Waals surface area contributed by atoms with Gasteiger partial charge in [0.2, 0.25) is 0 Å². The molecule has 550 valence electrons. The van der Waals surface area contributed by atoms with Crippen molar-refractivity contribution in [1.82, 2.24) is 20.4 Å². The molecule has 2 N–H and O–H groups in total. The van der Waals surface area contributed by atoms with E-state index in [-0.39, 0.29) is 0 Å². The van der Waals surface area contributed by atoms with Crippen LogP contribution in [0.5, 0.6) is 0 Å². The number of nitrogens with one attached hydrogen (secondary N) is 2. The van der Waals surface area contributed by atoms with Crippen molar-refractivity contribution in [2.45, 2.75) is 224 Å². The van der Waals surface area contributed by atoms with Gasteiger partial charge in [-0.25, -0.2) is 0 Å². The van der Waals surface area contributed by atoms with Crippen molar-refractivity contribution < 1.29 is 0 Å². The minimum Gasteiger partial charge on any atom is -0.368 e. The molecule has 2 aliphatic heterocycles. The lowest BCUT2D eigenvalue weighted by Crippen LogP contribution is -2.45. The zero-order chi connectivity index (χ0) is 70.9. The van der Waals surface area contributed by atoms with Gasteiger partial charge in [0.1, 0.15) is 0 Å². The molecule has 0 aromatic heterocycles. The zero-order valence-corrected chi connectivity index (χ0v) is 64.1. The first-order valence-corrected chi connectivity index (χ1v) is 41.4. The van der Waals surface area contributed by atoms with Crippen LogP contribution in [0.4, 0.5) is 22.7 Å². The number of unbranched alkanes of at least 4 members (excludes halogenated alkanes) is 1. The molecule has 14 rings (SSSR count). The zero-order valence-electron chi connectivity index (χ0n) is 64.1. The van der Waals surface area contributed by atoms with Crippen LogP contribution in [0, 0.1) is 0 Å². The Kier molecular flexibility index (Phi) is 31.9. The predicted octanol–water partition coefficient (Wildman–Crippen LogP) is 19.9. The molecule has 6 atom stereocenters. The fraction of sp³-hybridized carbons (Fsp3) is 0.495. The molecule has 8 aromatic rings. The molecule has 8 aromatic carbocycles. The number of hydrogen-bond acceptors (Lipinski definition) is 8. The van der Waals surface area contributed by atoms with Crippen LogP contribution in [0.25, 0.3) is 0 Å². The highest BCUT2D eigenvalue weighted by molar-refractivity contribution is 5.52. The number of piperidine rings is 2. The predicted molar refractivity (Wildman–Crippen MR) is 443 cm³/mol. The molecule has 2 fully saturated rings. The third-order valence-corrected chi connectivity index (χ3v) is 23.5. The van der Waals surface area contributed by atoms with E-state index in [9.17, 15) is 0 Å². The van der Waals surface area contributed by atoms with E-state index in [0.29, 0.717) is 30.2 Å². The summed E-state index contributed by atoms with van der Waals surface area (Å²) in [5, 5.41) is 7.27. The standard InChI is InChI=1S/C27H38N2.C24H34N2.C23H30N2.C21H28N2/c1-2-3-19-28-20-10-9-13-25(28)18-21-29(26-14-5-4-6-15-26)27-17-16-23-11-7-8-12-24(23)22-27;1-3-16-25(17-4-2)18-19-26(23-12-6-5-7-13-23)24-15-14-21-10-8-9-11-22(21)20-24;1-2-11-22(12-3-1)25(17-15-21-10-6-7-16-24-21)23-14-13-19-8-4-5-9-20(19)18-23;1-2-14-22-15-16-23(20-10-4-3-5-11-20)21-13-12-18-8-6-7-9-19(18)17-21/h4-8,11-12,14-15,25,27H,2-3,9-10,13,16-22H2,1H3;5-13,24H,3-4,14-20H2,1-2H3;1-5,8-9,11-12,21,23-24H,6-7,10,13-18H2;3-11,21-22H,2,12-17H2,1H3. The fourth-order valence-corrected chi connectivity index (χ4v) is 17.9. The van der Waals surface area contributed by atoms with Gasteiger partial charge in [0.15, 0.2) is 0 Å². The summed E-state index contributed by atoms with van der Waals surface area (Å²) in [5.41, 5.74) is 17.9. The van der Waals surface area contributed by atoms with Crippen LogP contribution < -0.4 is 30.2 Å². The SMILES string of the molecule is CCCCN1CCCCC1CCN(c1ccccc1)C1CCc2ccccc2C1.CCCN(CCC)CCN(c1ccccc1)C1CCc2ccccc2C1.CCCNCCN(c1ccccc1)C1CCc2ccccc2C1.c1ccc(N(CCC2CCCCN2)C2CCc3ccccc3C2)cc1. The Morgan fingerprint density at radius 3 is 1.11 bits per heavy atom. The molecule has 6 unspecified atom stereocenters. The smallest absolute Gasteiger partial charge is 0.0369 e. The van der Waals surface area contributed by atoms with Gasteiger partial charge in [0.25, 0.3) is 0 Å². The average molecular weight is 1380 g/mol. The highest BCUT2D eigenvalue weighted by Gasteiger charge is 2.31. The molecule has 2 saturated heterocycles. The molecule has 2 heterocycles. The van der Waals surface area contributed by atoms with Gasteiger partial charge in [-0.3, -0.25) is 0 Å². The van der Waals surface area contributed by atoms with Crippen molar-refractivity contribution >= 4 is 22.7 Å². The molecule has 0 spiro atoms. The Morgan fingerprint density at radius 1 is 0.340 bits per heavy atom. The molecule has 0 radical (unpaired) electrons. The average Bonchev–Trinajstić information content (AvgIpc) is 0.834. The van der Waals surface area contributed by atoms with Crippen LogP contribution >= 0.6 is 0 Å². The van der Waals surface area contributed by atoms with Crippen LogP contribution in [-0.4, -0.2) is 125 Å². The van der Waals surface area contributed by atoms with E-state index in [1.165, 1.54) is 228 Å². The molecule has 8 nitrogen and oxygen atoms in total. The van der Waals surface area contributed by atoms with Crippen LogP contribution in [0.3, 0.4) is 0 Å². The van der Waals surface area contributed by atoms with Gasteiger partial charge in [-0.15, -0.1) is 0 Å². The van der Waals surface area contributed by atoms with Gasteiger partial charge in [0, 0.05) is 98.3 Å². The van der Waals surface area contributed by atoms with Gasteiger partial charge in [-0.1, -0.05) is 217 Å². The van der Waals surface area contributed by atoms with Crippen molar-refractivity contribution in [1.29, 1.82) is 0 Å². The summed E-state index contributed by atoms with van der Waals surface area (Å²) in [7, 11) is 0. The van der Waals surface area contributed by atoms with E-state index in [0.717, 1.165) is 45.3 Å². The van der Waals surface area contributed by atoms with Crippen molar-refractivity contribution in [2.24, 2.45) is 0 Å². The topological polar surface area (TPSA) is 43.5 Å². The lowest BCUT2D eigenvalue weighted by molar-refractivity contribution is 0.139. The summed E-state index contributed by atoms with van der Waals surface area (Å²) in [6.45, 7) is 23.2. The largest absolute Gasteiger partial charge is 0.368 e. The number of para-hydroxylation sites is 4. The second-order valence-corrected chi connectivity index (χ2v) is 30.6. The summed E-state index contributed by atoms with van der Waals surface area (Å²) in [6.07, 6.45) is 31.8. The van der Waals surface area contributed by atoms with E-state index in [1.807, 2.05) is 0 Å². The Labute approximate surface area is 625 Å². The van der Waals surface area contributed by atoms with Crippen LogP contribution in [-0.2, 0) is 51.4 Å². The lowest BCUT2D eigenvalue weighted by atomic mass is 9.87. The number of benzene rings is 8. The molecule has 103 heavy (non-hydrogen) atoms. The van der Waals surface area contributed by atoms with Crippen molar-refractivity contribution in [3.05, 3.63) is 263 Å².